The first-order valence-electron chi connectivity index (χ1n) is 6.50. The van der Waals surface area contributed by atoms with E-state index in [0.717, 1.165) is 19.3 Å². The molecule has 0 unspecified atom stereocenters. The van der Waals surface area contributed by atoms with Gasteiger partial charge in [-0.1, -0.05) is 19.1 Å². The van der Waals surface area contributed by atoms with Crippen LogP contribution in [0, 0.1) is 17.2 Å². The average Bonchev–Trinajstić information content (AvgIpc) is 2.46. The lowest BCUT2D eigenvalue weighted by Crippen LogP contribution is -2.25. The molecule has 3 nitrogen and oxygen atoms in total. The van der Waals surface area contributed by atoms with Crippen LogP contribution in [0.15, 0.2) is 12.2 Å². The summed E-state index contributed by atoms with van der Waals surface area (Å²) in [6.45, 7) is 4.24. The molecular formula is C14H23NO2. The van der Waals surface area contributed by atoms with Crippen molar-refractivity contribution in [1.82, 2.24) is 0 Å². The monoisotopic (exact) mass is 237 g/mol. The zero-order valence-corrected chi connectivity index (χ0v) is 10.8. The Bertz CT molecular complexity index is 282. The average molecular weight is 237 g/mol. The van der Waals surface area contributed by atoms with Gasteiger partial charge in [-0.2, -0.15) is 5.26 Å². The first kappa shape index (κ1) is 14.2. The maximum Gasteiger partial charge on any atom is 0.0639 e. The molecule has 3 heteroatoms. The molecule has 1 rings (SSSR count). The Morgan fingerprint density at radius 1 is 1.47 bits per heavy atom. The van der Waals surface area contributed by atoms with Crippen molar-refractivity contribution in [2.45, 2.75) is 64.3 Å². The minimum absolute atomic E-state index is 0.195. The molecule has 0 aromatic rings. The number of rotatable bonds is 5. The number of aliphatic hydroxyl groups is 1. The van der Waals surface area contributed by atoms with Crippen molar-refractivity contribution in [3.63, 3.8) is 0 Å². The third-order valence-electron chi connectivity index (χ3n) is 3.27. The van der Waals surface area contributed by atoms with E-state index >= 15 is 0 Å². The van der Waals surface area contributed by atoms with E-state index in [1.54, 1.807) is 0 Å². The van der Waals surface area contributed by atoms with Gasteiger partial charge in [-0.25, -0.2) is 0 Å². The molecule has 1 heterocycles. The van der Waals surface area contributed by atoms with Crippen LogP contribution in [-0.4, -0.2) is 23.4 Å². The summed E-state index contributed by atoms with van der Waals surface area (Å²) in [4.78, 5) is 0. The standard InChI is InChI=1S/C14H23NO2/c1-11-5-3-6-12(2)17-14(11)9-8-13(16)7-4-10-15/h3,5,11-14,16H,4,6-9H2,1-2H3/t11-,12+,13-,14-/m0/s1. The van der Waals surface area contributed by atoms with Gasteiger partial charge in [0.25, 0.3) is 0 Å². The lowest BCUT2D eigenvalue weighted by atomic mass is 9.97. The Morgan fingerprint density at radius 2 is 2.24 bits per heavy atom. The third-order valence-corrected chi connectivity index (χ3v) is 3.27. The lowest BCUT2D eigenvalue weighted by molar-refractivity contribution is -0.0259. The first-order valence-corrected chi connectivity index (χ1v) is 6.50. The minimum atomic E-state index is -0.368. The van der Waals surface area contributed by atoms with Gasteiger partial charge in [0.05, 0.1) is 24.4 Å². The largest absolute Gasteiger partial charge is 0.393 e. The highest BCUT2D eigenvalue weighted by molar-refractivity contribution is 4.94. The molecule has 0 aliphatic carbocycles. The highest BCUT2D eigenvalue weighted by Crippen LogP contribution is 2.23. The van der Waals surface area contributed by atoms with E-state index in [0.29, 0.717) is 18.8 Å². The summed E-state index contributed by atoms with van der Waals surface area (Å²) >= 11 is 0. The number of nitriles is 1. The SMILES string of the molecule is C[C@@H]1CC=C[C@H](C)[C@H](CC[C@@H](O)CCC#N)O1. The van der Waals surface area contributed by atoms with E-state index < -0.39 is 0 Å². The normalized spacial score (nSPS) is 30.6. The summed E-state index contributed by atoms with van der Waals surface area (Å²) < 4.78 is 5.94. The van der Waals surface area contributed by atoms with Crippen molar-refractivity contribution in [3.8, 4) is 6.07 Å². The van der Waals surface area contributed by atoms with Crippen molar-refractivity contribution in [2.75, 3.05) is 0 Å². The van der Waals surface area contributed by atoms with Crippen LogP contribution in [0.1, 0.15) is 46.0 Å². The molecule has 0 saturated carbocycles. The Kier molecular flexibility index (Phi) is 6.25. The zero-order chi connectivity index (χ0) is 12.7. The van der Waals surface area contributed by atoms with Gasteiger partial charge < -0.3 is 9.84 Å². The Labute approximate surface area is 104 Å². The molecule has 17 heavy (non-hydrogen) atoms. The van der Waals surface area contributed by atoms with Crippen LogP contribution in [0.25, 0.3) is 0 Å². The number of ether oxygens (including phenoxy) is 1. The van der Waals surface area contributed by atoms with E-state index in [4.69, 9.17) is 10.00 Å². The number of hydrogen-bond acceptors (Lipinski definition) is 3. The van der Waals surface area contributed by atoms with Crippen molar-refractivity contribution >= 4 is 0 Å². The van der Waals surface area contributed by atoms with Crippen LogP contribution >= 0.6 is 0 Å². The molecule has 0 aromatic heterocycles. The van der Waals surface area contributed by atoms with Gasteiger partial charge in [0.15, 0.2) is 0 Å². The molecule has 0 bridgehead atoms. The summed E-state index contributed by atoms with van der Waals surface area (Å²) in [6, 6.07) is 2.06. The van der Waals surface area contributed by atoms with Crippen molar-refractivity contribution in [2.24, 2.45) is 5.92 Å². The summed E-state index contributed by atoms with van der Waals surface area (Å²) in [6.07, 6.45) is 8.03. The second-order valence-electron chi connectivity index (χ2n) is 4.94. The van der Waals surface area contributed by atoms with E-state index in [1.807, 2.05) is 0 Å². The van der Waals surface area contributed by atoms with E-state index in [-0.39, 0.29) is 18.3 Å². The molecule has 0 saturated heterocycles. The van der Waals surface area contributed by atoms with Crippen LogP contribution in [0.3, 0.4) is 0 Å². The second kappa shape index (κ2) is 7.47. The summed E-state index contributed by atoms with van der Waals surface area (Å²) in [7, 11) is 0. The van der Waals surface area contributed by atoms with Gasteiger partial charge in [0, 0.05) is 12.3 Å². The van der Waals surface area contributed by atoms with E-state index in [9.17, 15) is 5.11 Å². The van der Waals surface area contributed by atoms with Gasteiger partial charge in [0.2, 0.25) is 0 Å². The number of aliphatic hydroxyl groups excluding tert-OH is 1. The lowest BCUT2D eigenvalue weighted by Gasteiger charge is -2.24. The topological polar surface area (TPSA) is 53.2 Å². The van der Waals surface area contributed by atoms with Crippen molar-refractivity contribution in [1.29, 1.82) is 5.26 Å². The zero-order valence-electron chi connectivity index (χ0n) is 10.8. The predicted molar refractivity (Wildman–Crippen MR) is 67.3 cm³/mol. The van der Waals surface area contributed by atoms with Crippen LogP contribution in [0.2, 0.25) is 0 Å². The fourth-order valence-electron chi connectivity index (χ4n) is 2.15. The quantitative estimate of drug-likeness (QED) is 0.748. The Hall–Kier alpha value is -0.850. The van der Waals surface area contributed by atoms with Crippen LogP contribution in [0.5, 0.6) is 0 Å². The summed E-state index contributed by atoms with van der Waals surface area (Å²) in [5.41, 5.74) is 0. The van der Waals surface area contributed by atoms with Gasteiger partial charge in [-0.3, -0.25) is 0 Å². The molecule has 0 radical (unpaired) electrons. The molecule has 1 aliphatic rings. The van der Waals surface area contributed by atoms with Crippen LogP contribution in [0.4, 0.5) is 0 Å². The molecule has 4 atom stereocenters. The fraction of sp³-hybridized carbons (Fsp3) is 0.786. The van der Waals surface area contributed by atoms with Crippen LogP contribution in [-0.2, 0) is 4.74 Å². The van der Waals surface area contributed by atoms with E-state index in [2.05, 4.69) is 32.1 Å². The Balaban J connectivity index is 2.34. The number of hydrogen-bond donors (Lipinski definition) is 1. The van der Waals surface area contributed by atoms with Crippen molar-refractivity contribution < 1.29 is 9.84 Å². The second-order valence-corrected chi connectivity index (χ2v) is 4.94. The molecule has 1 N–H and O–H groups in total. The molecule has 96 valence electrons. The minimum Gasteiger partial charge on any atom is -0.393 e. The van der Waals surface area contributed by atoms with Crippen LogP contribution < -0.4 is 0 Å². The summed E-state index contributed by atoms with van der Waals surface area (Å²) in [5.74, 6) is 0.406. The van der Waals surface area contributed by atoms with Gasteiger partial charge in [-0.15, -0.1) is 0 Å². The summed E-state index contributed by atoms with van der Waals surface area (Å²) in [5, 5.41) is 18.2. The van der Waals surface area contributed by atoms with Gasteiger partial charge >= 0.3 is 0 Å². The Morgan fingerprint density at radius 3 is 2.94 bits per heavy atom. The van der Waals surface area contributed by atoms with Crippen molar-refractivity contribution in [3.05, 3.63) is 12.2 Å². The maximum absolute atomic E-state index is 9.71. The molecule has 0 fully saturated rings. The predicted octanol–water partition coefficient (Wildman–Crippen LogP) is 2.80. The highest BCUT2D eigenvalue weighted by atomic mass is 16.5. The highest BCUT2D eigenvalue weighted by Gasteiger charge is 2.21. The fourth-order valence-corrected chi connectivity index (χ4v) is 2.15. The van der Waals surface area contributed by atoms with Gasteiger partial charge in [0.1, 0.15) is 0 Å². The smallest absolute Gasteiger partial charge is 0.0639 e. The molecule has 0 aromatic carbocycles. The van der Waals surface area contributed by atoms with Gasteiger partial charge in [-0.05, 0) is 32.6 Å². The van der Waals surface area contributed by atoms with E-state index in [1.165, 1.54) is 0 Å². The molecular weight excluding hydrogens is 214 g/mol. The molecule has 1 aliphatic heterocycles. The maximum atomic E-state index is 9.71. The first-order chi connectivity index (χ1) is 8.13. The third kappa shape index (κ3) is 5.34. The molecule has 0 amide bonds. The molecule has 0 spiro atoms. The number of nitrogens with zero attached hydrogens (tertiary/aromatic N) is 1.